The summed E-state index contributed by atoms with van der Waals surface area (Å²) in [6.07, 6.45) is 21.1. The van der Waals surface area contributed by atoms with Crippen molar-refractivity contribution in [3.63, 3.8) is 0 Å². The van der Waals surface area contributed by atoms with Crippen LogP contribution >= 0.6 is 0 Å². The summed E-state index contributed by atoms with van der Waals surface area (Å²) in [5.41, 5.74) is 3.23. The van der Waals surface area contributed by atoms with Crippen molar-refractivity contribution in [3.8, 4) is 5.75 Å². The quantitative estimate of drug-likeness (QED) is 0.212. The first kappa shape index (κ1) is 26.9. The summed E-state index contributed by atoms with van der Waals surface area (Å²) < 4.78 is 7.10. The molecule has 0 bridgehead atoms. The van der Waals surface area contributed by atoms with Crippen LogP contribution < -0.4 is 9.64 Å². The van der Waals surface area contributed by atoms with E-state index in [1.54, 1.807) is 0 Å². The molecule has 2 heterocycles. The van der Waals surface area contributed by atoms with Crippen molar-refractivity contribution < 1.29 is 4.74 Å². The fourth-order valence-corrected chi connectivity index (χ4v) is 6.76. The highest BCUT2D eigenvalue weighted by molar-refractivity contribution is 5.94. The van der Waals surface area contributed by atoms with Gasteiger partial charge in [-0.05, 0) is 60.9 Å². The second-order valence-electron chi connectivity index (χ2n) is 12.0. The zero-order valence-electron chi connectivity index (χ0n) is 24.0. The number of unbranched alkanes of at least 4 members (excludes halogenated alkanes) is 11. The second kappa shape index (κ2) is 12.0. The third-order valence-electron chi connectivity index (χ3n) is 9.07. The third kappa shape index (κ3) is 5.12. The van der Waals surface area contributed by atoms with Gasteiger partial charge in [-0.25, -0.2) is 0 Å². The van der Waals surface area contributed by atoms with Crippen molar-refractivity contribution >= 4 is 22.5 Å². The van der Waals surface area contributed by atoms with Gasteiger partial charge < -0.3 is 9.64 Å². The molecule has 3 aromatic carbocycles. The predicted octanol–water partition coefficient (Wildman–Crippen LogP) is 10.4. The summed E-state index contributed by atoms with van der Waals surface area (Å²) >= 11 is 0. The van der Waals surface area contributed by atoms with E-state index in [4.69, 9.17) is 4.74 Å². The monoisotopic (exact) mass is 509 g/mol. The largest absolute Gasteiger partial charge is 0.463 e. The van der Waals surface area contributed by atoms with E-state index in [0.717, 1.165) is 12.3 Å². The molecule has 0 N–H and O–H groups in total. The van der Waals surface area contributed by atoms with Gasteiger partial charge in [-0.15, -0.1) is 0 Å². The molecule has 0 radical (unpaired) electrons. The summed E-state index contributed by atoms with van der Waals surface area (Å²) in [6, 6.07) is 21.9. The van der Waals surface area contributed by atoms with Crippen LogP contribution in [0.15, 0.2) is 66.7 Å². The Morgan fingerprint density at radius 1 is 0.684 bits per heavy atom. The zero-order valence-corrected chi connectivity index (χ0v) is 24.0. The van der Waals surface area contributed by atoms with Crippen molar-refractivity contribution in [2.45, 2.75) is 109 Å². The molecule has 1 atom stereocenters. The number of hydrogen-bond donors (Lipinski definition) is 0. The van der Waals surface area contributed by atoms with Crippen LogP contribution in [0.2, 0.25) is 0 Å². The maximum atomic E-state index is 7.10. The van der Waals surface area contributed by atoms with E-state index < -0.39 is 5.72 Å². The second-order valence-corrected chi connectivity index (χ2v) is 12.0. The lowest BCUT2D eigenvalue weighted by molar-refractivity contribution is 0.0534. The SMILES string of the molecule is CCCCCCCCCCCCCCN1c2ccccc2C(C)(C)[C@]12C=Cc1c(ccc3ccccc13)O2. The molecule has 5 rings (SSSR count). The van der Waals surface area contributed by atoms with Gasteiger partial charge in [-0.2, -0.15) is 0 Å². The number of para-hydroxylation sites is 1. The average Bonchev–Trinajstić information content (AvgIpc) is 3.11. The Hall–Kier alpha value is -2.74. The summed E-state index contributed by atoms with van der Waals surface area (Å²) in [4.78, 5) is 2.56. The van der Waals surface area contributed by atoms with Crippen molar-refractivity contribution in [1.29, 1.82) is 0 Å². The van der Waals surface area contributed by atoms with E-state index in [-0.39, 0.29) is 5.41 Å². The Bertz CT molecular complexity index is 1240. The Morgan fingerprint density at radius 2 is 1.32 bits per heavy atom. The Labute approximate surface area is 231 Å². The molecular formula is C36H47NO. The van der Waals surface area contributed by atoms with E-state index in [1.165, 1.54) is 105 Å². The highest BCUT2D eigenvalue weighted by atomic mass is 16.5. The van der Waals surface area contributed by atoms with Gasteiger partial charge in [0.25, 0.3) is 0 Å². The molecule has 0 saturated carbocycles. The van der Waals surface area contributed by atoms with Gasteiger partial charge in [0.2, 0.25) is 5.72 Å². The molecule has 2 nitrogen and oxygen atoms in total. The zero-order chi connectivity index (χ0) is 26.4. The van der Waals surface area contributed by atoms with Crippen LogP contribution in [-0.2, 0) is 5.41 Å². The highest BCUT2D eigenvalue weighted by Gasteiger charge is 2.58. The summed E-state index contributed by atoms with van der Waals surface area (Å²) in [7, 11) is 0. The lowest BCUT2D eigenvalue weighted by Crippen LogP contribution is -2.59. The molecule has 0 saturated heterocycles. The van der Waals surface area contributed by atoms with Gasteiger partial charge in [-0.3, -0.25) is 0 Å². The van der Waals surface area contributed by atoms with E-state index >= 15 is 0 Å². The first-order chi connectivity index (χ1) is 18.6. The maximum absolute atomic E-state index is 7.10. The van der Waals surface area contributed by atoms with E-state index in [9.17, 15) is 0 Å². The first-order valence-electron chi connectivity index (χ1n) is 15.4. The number of fused-ring (bicyclic) bond motifs is 4. The van der Waals surface area contributed by atoms with Crippen LogP contribution in [0.3, 0.4) is 0 Å². The minimum absolute atomic E-state index is 0.166. The van der Waals surface area contributed by atoms with Crippen molar-refractivity contribution in [1.82, 2.24) is 0 Å². The Kier molecular flexibility index (Phi) is 8.46. The van der Waals surface area contributed by atoms with Gasteiger partial charge in [0.1, 0.15) is 5.75 Å². The van der Waals surface area contributed by atoms with Gasteiger partial charge in [0.15, 0.2) is 0 Å². The van der Waals surface area contributed by atoms with Crippen LogP contribution in [0, 0.1) is 0 Å². The minimum Gasteiger partial charge on any atom is -0.463 e. The molecule has 1 spiro atoms. The van der Waals surface area contributed by atoms with Gasteiger partial charge >= 0.3 is 0 Å². The number of benzene rings is 3. The van der Waals surface area contributed by atoms with E-state index in [2.05, 4.69) is 98.5 Å². The molecule has 3 aromatic rings. The summed E-state index contributed by atoms with van der Waals surface area (Å²) in [5, 5.41) is 2.52. The van der Waals surface area contributed by atoms with Gasteiger partial charge in [0.05, 0.1) is 5.41 Å². The normalized spacial score (nSPS) is 19.1. The first-order valence-corrected chi connectivity index (χ1v) is 15.4. The van der Waals surface area contributed by atoms with Crippen LogP contribution in [-0.4, -0.2) is 12.3 Å². The topological polar surface area (TPSA) is 12.5 Å². The molecule has 202 valence electrons. The van der Waals surface area contributed by atoms with Crippen LogP contribution in [0.1, 0.15) is 109 Å². The maximum Gasteiger partial charge on any atom is 0.212 e. The highest BCUT2D eigenvalue weighted by Crippen LogP contribution is 2.55. The Morgan fingerprint density at radius 3 is 2.05 bits per heavy atom. The minimum atomic E-state index is -0.510. The van der Waals surface area contributed by atoms with E-state index in [0.29, 0.717) is 0 Å². The molecule has 0 amide bonds. The summed E-state index contributed by atoms with van der Waals surface area (Å²) in [5.74, 6) is 0.992. The third-order valence-corrected chi connectivity index (χ3v) is 9.07. The van der Waals surface area contributed by atoms with Crippen LogP contribution in [0.25, 0.3) is 16.8 Å². The molecule has 38 heavy (non-hydrogen) atoms. The molecule has 0 fully saturated rings. The smallest absolute Gasteiger partial charge is 0.212 e. The molecule has 2 aliphatic rings. The van der Waals surface area contributed by atoms with E-state index in [1.807, 2.05) is 0 Å². The van der Waals surface area contributed by atoms with Crippen LogP contribution in [0.5, 0.6) is 5.75 Å². The fourth-order valence-electron chi connectivity index (χ4n) is 6.76. The standard InChI is InChI=1S/C36H47NO/c1-4-5-6-7-8-9-10-11-12-13-14-19-28-37-33-23-18-17-22-32(33)35(2,3)36(37)27-26-31-30-21-16-15-20-29(30)24-25-34(31)38-36/h15-18,20-27H,4-14,19,28H2,1-3H3/t36-/m1/s1. The van der Waals surface area contributed by atoms with Crippen molar-refractivity contribution in [2.75, 3.05) is 11.4 Å². The number of anilines is 1. The van der Waals surface area contributed by atoms with Crippen molar-refractivity contribution in [2.24, 2.45) is 0 Å². The number of hydrogen-bond acceptors (Lipinski definition) is 2. The molecule has 0 unspecified atom stereocenters. The number of rotatable bonds is 13. The Balaban J connectivity index is 1.23. The predicted molar refractivity (Wildman–Crippen MR) is 164 cm³/mol. The molecular weight excluding hydrogens is 462 g/mol. The fraction of sp³-hybridized carbons (Fsp3) is 0.500. The molecule has 2 aliphatic heterocycles. The van der Waals surface area contributed by atoms with Crippen LogP contribution in [0.4, 0.5) is 5.69 Å². The van der Waals surface area contributed by atoms with Gasteiger partial charge in [0, 0.05) is 17.8 Å². The molecule has 0 aliphatic carbocycles. The van der Waals surface area contributed by atoms with Gasteiger partial charge in [-0.1, -0.05) is 126 Å². The molecule has 0 aromatic heterocycles. The number of nitrogens with zero attached hydrogens (tertiary/aromatic N) is 1. The lowest BCUT2D eigenvalue weighted by Gasteiger charge is -2.47. The summed E-state index contributed by atoms with van der Waals surface area (Å²) in [6.45, 7) is 8.02. The average molecular weight is 510 g/mol. The van der Waals surface area contributed by atoms with Crippen molar-refractivity contribution in [3.05, 3.63) is 77.9 Å². The molecule has 2 heteroatoms. The lowest BCUT2D eigenvalue weighted by atomic mass is 9.76. The number of ether oxygens (including phenoxy) is 1.